The summed E-state index contributed by atoms with van der Waals surface area (Å²) < 4.78 is 60.1. The predicted octanol–water partition coefficient (Wildman–Crippen LogP) is 5.37. The SMILES string of the molecule is CCNc1nccc(C2=C(c3cc(C)cc(CS(=O)(=O)c4cc(F)ccc4F)c3Cl)C(=O)C(C)(C)O2)n1. The highest BCUT2D eigenvalue weighted by Crippen LogP contribution is 2.44. The first-order chi connectivity index (χ1) is 17.3. The molecule has 2 heterocycles. The highest BCUT2D eigenvalue weighted by atomic mass is 35.5. The molecule has 0 aliphatic carbocycles. The Kier molecular flexibility index (Phi) is 7.09. The van der Waals surface area contributed by atoms with E-state index in [1.165, 1.54) is 12.3 Å². The molecule has 37 heavy (non-hydrogen) atoms. The number of ether oxygens (including phenoxy) is 1. The second-order valence-electron chi connectivity index (χ2n) is 9.06. The Hall–Kier alpha value is -3.37. The largest absolute Gasteiger partial charge is 0.477 e. The van der Waals surface area contributed by atoms with Gasteiger partial charge < -0.3 is 10.1 Å². The Labute approximate surface area is 218 Å². The van der Waals surface area contributed by atoms with E-state index in [1.54, 1.807) is 32.9 Å². The number of aryl methyl sites for hydroxylation is 1. The first-order valence-electron chi connectivity index (χ1n) is 11.4. The quantitative estimate of drug-likeness (QED) is 0.424. The van der Waals surface area contributed by atoms with E-state index in [4.69, 9.17) is 16.3 Å². The Morgan fingerprint density at radius 1 is 1.14 bits per heavy atom. The van der Waals surface area contributed by atoms with Crippen LogP contribution in [0.25, 0.3) is 11.3 Å². The molecule has 0 saturated heterocycles. The van der Waals surface area contributed by atoms with Crippen molar-refractivity contribution >= 4 is 44.5 Å². The average Bonchev–Trinajstić information content (AvgIpc) is 3.06. The van der Waals surface area contributed by atoms with Gasteiger partial charge in [-0.15, -0.1) is 0 Å². The van der Waals surface area contributed by atoms with Crippen LogP contribution in [0.4, 0.5) is 14.7 Å². The van der Waals surface area contributed by atoms with Crippen LogP contribution in [-0.4, -0.2) is 36.3 Å². The number of anilines is 1. The molecule has 1 aliphatic rings. The van der Waals surface area contributed by atoms with E-state index >= 15 is 0 Å². The zero-order valence-corrected chi connectivity index (χ0v) is 22.1. The van der Waals surface area contributed by atoms with Crippen molar-refractivity contribution < 1.29 is 26.7 Å². The molecular weight excluding hydrogens is 524 g/mol. The summed E-state index contributed by atoms with van der Waals surface area (Å²) in [4.78, 5) is 21.3. The molecule has 0 spiro atoms. The van der Waals surface area contributed by atoms with Crippen LogP contribution in [0.1, 0.15) is 43.2 Å². The number of ketones is 1. The molecular formula is C26H24ClF2N3O4S. The second-order valence-corrected chi connectivity index (χ2v) is 11.4. The minimum atomic E-state index is -4.32. The van der Waals surface area contributed by atoms with Crippen LogP contribution in [0.15, 0.2) is 47.5 Å². The van der Waals surface area contributed by atoms with Crippen molar-refractivity contribution in [1.29, 1.82) is 0 Å². The number of hydrogen-bond donors (Lipinski definition) is 1. The van der Waals surface area contributed by atoms with Gasteiger partial charge in [0.2, 0.25) is 11.7 Å². The third kappa shape index (κ3) is 5.21. The number of carbonyl (C=O) groups excluding carboxylic acids is 1. The van der Waals surface area contributed by atoms with Gasteiger partial charge in [-0.3, -0.25) is 4.79 Å². The van der Waals surface area contributed by atoms with Crippen molar-refractivity contribution in [2.24, 2.45) is 0 Å². The molecule has 1 aromatic heterocycles. The molecule has 7 nitrogen and oxygen atoms in total. The van der Waals surface area contributed by atoms with Gasteiger partial charge in [-0.05, 0) is 63.6 Å². The number of aromatic nitrogens is 2. The number of nitrogens with one attached hydrogen (secondary N) is 1. The smallest absolute Gasteiger partial charge is 0.223 e. The first-order valence-corrected chi connectivity index (χ1v) is 13.4. The third-order valence-corrected chi connectivity index (χ3v) is 7.84. The van der Waals surface area contributed by atoms with E-state index in [2.05, 4.69) is 15.3 Å². The summed E-state index contributed by atoms with van der Waals surface area (Å²) in [7, 11) is -4.32. The molecule has 0 atom stereocenters. The first kappa shape index (κ1) is 26.7. The van der Waals surface area contributed by atoms with Crippen LogP contribution >= 0.6 is 11.6 Å². The molecule has 194 valence electrons. The number of sulfone groups is 1. The van der Waals surface area contributed by atoms with Crippen LogP contribution in [0.5, 0.6) is 0 Å². The van der Waals surface area contributed by atoms with Gasteiger partial charge >= 0.3 is 0 Å². The average molecular weight is 548 g/mol. The molecule has 4 rings (SSSR count). The maximum atomic E-state index is 14.3. The fraction of sp³-hybridized carbons (Fsp3) is 0.269. The van der Waals surface area contributed by atoms with Crippen molar-refractivity contribution in [3.8, 4) is 0 Å². The van der Waals surface area contributed by atoms with E-state index < -0.39 is 37.7 Å². The van der Waals surface area contributed by atoms with Gasteiger partial charge in [0.1, 0.15) is 22.2 Å². The lowest BCUT2D eigenvalue weighted by Crippen LogP contribution is -2.29. The fourth-order valence-electron chi connectivity index (χ4n) is 4.04. The molecule has 0 fully saturated rings. The minimum Gasteiger partial charge on any atom is -0.477 e. The normalized spacial score (nSPS) is 15.2. The molecule has 0 bridgehead atoms. The van der Waals surface area contributed by atoms with Crippen molar-refractivity contribution in [3.63, 3.8) is 0 Å². The van der Waals surface area contributed by atoms with Gasteiger partial charge in [0.25, 0.3) is 0 Å². The summed E-state index contributed by atoms with van der Waals surface area (Å²) in [5, 5.41) is 2.98. The van der Waals surface area contributed by atoms with Gasteiger partial charge in [0, 0.05) is 18.3 Å². The minimum absolute atomic E-state index is 0.0194. The molecule has 11 heteroatoms. The van der Waals surface area contributed by atoms with Crippen molar-refractivity contribution in [2.75, 3.05) is 11.9 Å². The van der Waals surface area contributed by atoms with E-state index in [0.717, 1.165) is 12.1 Å². The van der Waals surface area contributed by atoms with Gasteiger partial charge in [-0.1, -0.05) is 23.2 Å². The predicted molar refractivity (Wildman–Crippen MR) is 137 cm³/mol. The zero-order valence-electron chi connectivity index (χ0n) is 20.5. The van der Waals surface area contributed by atoms with Crippen molar-refractivity contribution in [1.82, 2.24) is 9.97 Å². The second kappa shape index (κ2) is 9.83. The fourth-order valence-corrected chi connectivity index (χ4v) is 5.84. The number of rotatable bonds is 7. The Balaban J connectivity index is 1.87. The van der Waals surface area contributed by atoms with Crippen LogP contribution in [0.3, 0.4) is 0 Å². The number of carbonyl (C=O) groups is 1. The molecule has 0 amide bonds. The topological polar surface area (TPSA) is 98.2 Å². The van der Waals surface area contributed by atoms with E-state index in [1.807, 2.05) is 6.92 Å². The van der Waals surface area contributed by atoms with Gasteiger partial charge in [-0.2, -0.15) is 0 Å². The molecule has 0 saturated carbocycles. The molecule has 0 unspecified atom stereocenters. The van der Waals surface area contributed by atoms with E-state index in [-0.39, 0.29) is 33.3 Å². The number of benzene rings is 2. The molecule has 2 aromatic carbocycles. The van der Waals surface area contributed by atoms with E-state index in [0.29, 0.717) is 29.8 Å². The van der Waals surface area contributed by atoms with Gasteiger partial charge in [0.05, 0.1) is 16.3 Å². The Morgan fingerprint density at radius 2 is 1.86 bits per heavy atom. The summed E-state index contributed by atoms with van der Waals surface area (Å²) in [6.07, 6.45) is 1.52. The summed E-state index contributed by atoms with van der Waals surface area (Å²) in [5.41, 5.74) is 0.216. The molecule has 3 aromatic rings. The maximum Gasteiger partial charge on any atom is 0.223 e. The number of hydrogen-bond acceptors (Lipinski definition) is 7. The van der Waals surface area contributed by atoms with E-state index in [9.17, 15) is 22.0 Å². The molecule has 0 radical (unpaired) electrons. The van der Waals surface area contributed by atoms with Gasteiger partial charge in [-0.25, -0.2) is 27.2 Å². The lowest BCUT2D eigenvalue weighted by atomic mass is 9.91. The van der Waals surface area contributed by atoms with Crippen molar-refractivity contribution in [3.05, 3.63) is 81.6 Å². The monoisotopic (exact) mass is 547 g/mol. The Bertz CT molecular complexity index is 1560. The maximum absolute atomic E-state index is 14.3. The summed E-state index contributed by atoms with van der Waals surface area (Å²) in [6.45, 7) is 7.39. The number of halogens is 3. The highest BCUT2D eigenvalue weighted by molar-refractivity contribution is 7.90. The van der Waals surface area contributed by atoms with Crippen LogP contribution in [0, 0.1) is 18.6 Å². The molecule has 1 aliphatic heterocycles. The number of Topliss-reactive ketones (excluding diaryl/α,β-unsaturated/α-hetero) is 1. The molecule has 1 N–H and O–H groups in total. The highest BCUT2D eigenvalue weighted by Gasteiger charge is 2.44. The van der Waals surface area contributed by atoms with Crippen molar-refractivity contribution in [2.45, 2.75) is 43.9 Å². The van der Waals surface area contributed by atoms with Gasteiger partial charge in [0.15, 0.2) is 21.2 Å². The third-order valence-electron chi connectivity index (χ3n) is 5.72. The zero-order chi connectivity index (χ0) is 27.1. The van der Waals surface area contributed by atoms with Crippen LogP contribution in [0.2, 0.25) is 5.02 Å². The standard InChI is InChI=1S/C26H24ClF2N3O4S/c1-5-30-25-31-9-8-19(32-25)23-21(24(33)26(3,4)36-23)17-11-14(2)10-15(22(17)27)13-37(34,35)20-12-16(28)6-7-18(20)29/h6-12H,5,13H2,1-4H3,(H,30,31,32). The Morgan fingerprint density at radius 3 is 2.57 bits per heavy atom. The summed E-state index contributed by atoms with van der Waals surface area (Å²) in [6, 6.07) is 6.98. The summed E-state index contributed by atoms with van der Waals surface area (Å²) >= 11 is 6.70. The van der Waals surface area contributed by atoms with Crippen LogP contribution < -0.4 is 5.32 Å². The lowest BCUT2D eigenvalue weighted by Gasteiger charge is -2.17. The lowest BCUT2D eigenvalue weighted by molar-refractivity contribution is -0.125. The van der Waals surface area contributed by atoms with Crippen LogP contribution in [-0.2, 0) is 25.1 Å². The number of nitrogens with zero attached hydrogens (tertiary/aromatic N) is 2. The summed E-state index contributed by atoms with van der Waals surface area (Å²) in [5.74, 6) is -2.52.